The first-order chi connectivity index (χ1) is 29.5. The quantitative estimate of drug-likeness (QED) is 0.163. The summed E-state index contributed by atoms with van der Waals surface area (Å²) in [5, 5.41) is 5.46. The molecule has 0 amide bonds. The summed E-state index contributed by atoms with van der Waals surface area (Å²) in [6, 6.07) is 53.6. The number of furan rings is 1. The lowest BCUT2D eigenvalue weighted by molar-refractivity contribution is 0.660. The zero-order chi connectivity index (χ0) is 40.0. The molecule has 0 bridgehead atoms. The number of hydrogen-bond acceptors (Lipinski definition) is 5. The van der Waals surface area contributed by atoms with E-state index in [1.54, 1.807) is 0 Å². The van der Waals surface area contributed by atoms with Crippen LogP contribution in [0.25, 0.3) is 105 Å². The summed E-state index contributed by atoms with van der Waals surface area (Å²) in [6.07, 6.45) is 8.55. The molecule has 0 N–H and O–H groups in total. The van der Waals surface area contributed by atoms with Gasteiger partial charge in [0.05, 0.1) is 11.2 Å². The van der Waals surface area contributed by atoms with Crippen LogP contribution in [0.15, 0.2) is 174 Å². The number of nitrogens with zero attached hydrogens (tertiary/aromatic N) is 4. The van der Waals surface area contributed by atoms with E-state index in [2.05, 4.69) is 172 Å². The Morgan fingerprint density at radius 2 is 1.17 bits per heavy atom. The summed E-state index contributed by atoms with van der Waals surface area (Å²) < 4.78 is 6.64. The van der Waals surface area contributed by atoms with Crippen molar-refractivity contribution in [1.29, 1.82) is 0 Å². The van der Waals surface area contributed by atoms with Crippen molar-refractivity contribution in [2.24, 2.45) is 0 Å². The Balaban J connectivity index is 1.06. The first-order valence-corrected chi connectivity index (χ1v) is 20.7. The topological polar surface area (TPSA) is 64.7 Å². The van der Waals surface area contributed by atoms with Gasteiger partial charge in [-0.3, -0.25) is 0 Å². The van der Waals surface area contributed by atoms with Crippen molar-refractivity contribution in [2.45, 2.75) is 32.1 Å². The molecule has 5 nitrogen and oxygen atoms in total. The highest BCUT2D eigenvalue weighted by atomic mass is 16.3. The zero-order valence-electron chi connectivity index (χ0n) is 33.3. The SMILES string of the molecule is CC1(C)c2ccccc2-c2ccc(-c3nc(C4=CCCC=C4)nc(-c4ccc(-c5c6c(cc7c(-c8ccccc8)nc8ccccc8c57)oc5ccccc56)cc4)n3)cc21. The number of aromatic nitrogens is 4. The van der Waals surface area contributed by atoms with Gasteiger partial charge < -0.3 is 4.42 Å². The molecule has 2 aliphatic rings. The third kappa shape index (κ3) is 5.32. The highest BCUT2D eigenvalue weighted by Crippen LogP contribution is 2.50. The number of pyridine rings is 1. The Morgan fingerprint density at radius 3 is 2.00 bits per heavy atom. The minimum Gasteiger partial charge on any atom is -0.456 e. The van der Waals surface area contributed by atoms with Gasteiger partial charge in [-0.25, -0.2) is 19.9 Å². The fourth-order valence-corrected chi connectivity index (χ4v) is 9.59. The molecule has 5 heteroatoms. The molecular weight excluding hydrogens is 733 g/mol. The minimum atomic E-state index is -0.137. The number of rotatable bonds is 5. The Kier molecular flexibility index (Phi) is 7.64. The van der Waals surface area contributed by atoms with Crippen molar-refractivity contribution in [3.63, 3.8) is 0 Å². The van der Waals surface area contributed by atoms with E-state index in [4.69, 9.17) is 24.4 Å². The van der Waals surface area contributed by atoms with Gasteiger partial charge in [-0.05, 0) is 64.9 Å². The molecule has 0 fully saturated rings. The molecule has 0 aliphatic heterocycles. The van der Waals surface area contributed by atoms with E-state index in [0.29, 0.717) is 17.5 Å². The fraction of sp³-hybridized carbons (Fsp3) is 0.0909. The maximum atomic E-state index is 6.64. The molecule has 0 radical (unpaired) electrons. The maximum Gasteiger partial charge on any atom is 0.164 e. The zero-order valence-corrected chi connectivity index (χ0v) is 33.3. The molecule has 12 rings (SSSR count). The second kappa shape index (κ2) is 13.3. The molecule has 10 aromatic rings. The molecule has 2 aliphatic carbocycles. The van der Waals surface area contributed by atoms with E-state index in [-0.39, 0.29) is 5.41 Å². The van der Waals surface area contributed by atoms with Crippen molar-refractivity contribution in [3.05, 3.63) is 187 Å². The lowest BCUT2D eigenvalue weighted by Crippen LogP contribution is -2.15. The second-order valence-electron chi connectivity index (χ2n) is 16.4. The lowest BCUT2D eigenvalue weighted by atomic mass is 9.82. The molecule has 0 spiro atoms. The number of allylic oxidation sites excluding steroid dienone is 4. The Hall–Kier alpha value is -7.50. The molecule has 60 heavy (non-hydrogen) atoms. The van der Waals surface area contributed by atoms with Crippen LogP contribution in [0.4, 0.5) is 0 Å². The van der Waals surface area contributed by atoms with E-state index >= 15 is 0 Å². The van der Waals surface area contributed by atoms with Crippen molar-refractivity contribution in [2.75, 3.05) is 0 Å². The molecule has 3 heterocycles. The molecule has 284 valence electrons. The normalized spacial score (nSPS) is 14.2. The van der Waals surface area contributed by atoms with Crippen molar-refractivity contribution < 1.29 is 4.42 Å². The first kappa shape index (κ1) is 34.5. The van der Waals surface area contributed by atoms with Gasteiger partial charge in [0, 0.05) is 60.2 Å². The molecular formula is C55H38N4O. The van der Waals surface area contributed by atoms with Crippen molar-refractivity contribution in [3.8, 4) is 56.3 Å². The van der Waals surface area contributed by atoms with Gasteiger partial charge in [0.15, 0.2) is 17.5 Å². The summed E-state index contributed by atoms with van der Waals surface area (Å²) in [6.45, 7) is 4.62. The fourth-order valence-electron chi connectivity index (χ4n) is 9.59. The highest BCUT2D eigenvalue weighted by molar-refractivity contribution is 6.27. The largest absolute Gasteiger partial charge is 0.456 e. The van der Waals surface area contributed by atoms with E-state index in [1.807, 2.05) is 12.1 Å². The van der Waals surface area contributed by atoms with Crippen LogP contribution in [0.1, 0.15) is 43.6 Å². The number of hydrogen-bond donors (Lipinski definition) is 0. The van der Waals surface area contributed by atoms with Crippen LogP contribution in [-0.4, -0.2) is 19.9 Å². The standard InChI is InChI=1S/C55H38N4O/c1-55(2)43-22-12-9-19-38(43)39-30-29-37(31-44(39)55)54-58-52(35-17-7-4-8-18-35)57-53(59-54)36-27-25-33(26-28-36)48-49-40-20-10-13-23-45(40)56-51(34-15-5-3-6-16-34)42(49)32-47-50(48)41-21-11-14-24-46(41)60-47/h3,5-7,9-32H,4,8H2,1-2H3. The Bertz CT molecular complexity index is 3450. The summed E-state index contributed by atoms with van der Waals surface area (Å²) >= 11 is 0. The van der Waals surface area contributed by atoms with Gasteiger partial charge in [-0.2, -0.15) is 0 Å². The smallest absolute Gasteiger partial charge is 0.164 e. The van der Waals surface area contributed by atoms with Gasteiger partial charge in [-0.1, -0.05) is 159 Å². The van der Waals surface area contributed by atoms with Crippen LogP contribution in [-0.2, 0) is 5.41 Å². The summed E-state index contributed by atoms with van der Waals surface area (Å²) in [4.78, 5) is 20.8. The first-order valence-electron chi connectivity index (χ1n) is 20.7. The molecule has 0 saturated carbocycles. The molecule has 0 atom stereocenters. The third-order valence-corrected chi connectivity index (χ3v) is 12.5. The Morgan fingerprint density at radius 1 is 0.483 bits per heavy atom. The third-order valence-electron chi connectivity index (χ3n) is 12.5. The second-order valence-corrected chi connectivity index (χ2v) is 16.4. The average molecular weight is 771 g/mol. The number of fused-ring (bicyclic) bond motifs is 9. The molecule has 7 aromatic carbocycles. The van der Waals surface area contributed by atoms with E-state index in [9.17, 15) is 0 Å². The van der Waals surface area contributed by atoms with Crippen LogP contribution >= 0.6 is 0 Å². The minimum absolute atomic E-state index is 0.137. The van der Waals surface area contributed by atoms with Gasteiger partial charge in [0.2, 0.25) is 0 Å². The monoisotopic (exact) mass is 770 g/mol. The van der Waals surface area contributed by atoms with Crippen LogP contribution in [0.2, 0.25) is 0 Å². The van der Waals surface area contributed by atoms with Gasteiger partial charge in [-0.15, -0.1) is 0 Å². The Labute approximate surface area is 347 Å². The van der Waals surface area contributed by atoms with E-state index in [0.717, 1.165) is 95.5 Å². The summed E-state index contributed by atoms with van der Waals surface area (Å²) in [5.74, 6) is 2.00. The van der Waals surface area contributed by atoms with E-state index in [1.165, 1.54) is 22.3 Å². The lowest BCUT2D eigenvalue weighted by Gasteiger charge is -2.21. The van der Waals surface area contributed by atoms with Gasteiger partial charge >= 0.3 is 0 Å². The van der Waals surface area contributed by atoms with Crippen LogP contribution in [0, 0.1) is 0 Å². The average Bonchev–Trinajstić information content (AvgIpc) is 3.79. The van der Waals surface area contributed by atoms with Crippen LogP contribution in [0.5, 0.6) is 0 Å². The van der Waals surface area contributed by atoms with E-state index < -0.39 is 0 Å². The predicted molar refractivity (Wildman–Crippen MR) is 246 cm³/mol. The van der Waals surface area contributed by atoms with Crippen molar-refractivity contribution in [1.82, 2.24) is 19.9 Å². The highest BCUT2D eigenvalue weighted by Gasteiger charge is 2.35. The molecule has 3 aromatic heterocycles. The summed E-state index contributed by atoms with van der Waals surface area (Å²) in [5.41, 5.74) is 14.8. The maximum absolute atomic E-state index is 6.64. The van der Waals surface area contributed by atoms with Crippen LogP contribution in [0.3, 0.4) is 0 Å². The molecule has 0 saturated heterocycles. The van der Waals surface area contributed by atoms with Gasteiger partial charge in [0.25, 0.3) is 0 Å². The predicted octanol–water partition coefficient (Wildman–Crippen LogP) is 14.2. The molecule has 0 unspecified atom stereocenters. The number of para-hydroxylation sites is 2. The number of benzene rings is 7. The van der Waals surface area contributed by atoms with Crippen LogP contribution < -0.4 is 0 Å². The summed E-state index contributed by atoms with van der Waals surface area (Å²) in [7, 11) is 0. The van der Waals surface area contributed by atoms with Crippen molar-refractivity contribution >= 4 is 49.2 Å². The van der Waals surface area contributed by atoms with Gasteiger partial charge in [0.1, 0.15) is 11.2 Å².